The van der Waals surface area contributed by atoms with Gasteiger partial charge in [0.1, 0.15) is 11.7 Å². The Labute approximate surface area is 161 Å². The Balaban J connectivity index is 1.63. The number of carbonyl (C=O) groups excluding carboxylic acids is 1. The van der Waals surface area contributed by atoms with E-state index in [2.05, 4.69) is 15.1 Å². The number of rotatable bonds is 5. The van der Waals surface area contributed by atoms with Crippen molar-refractivity contribution in [2.45, 2.75) is 38.6 Å². The van der Waals surface area contributed by atoms with Crippen molar-refractivity contribution in [3.63, 3.8) is 0 Å². The summed E-state index contributed by atoms with van der Waals surface area (Å²) in [5.74, 6) is -0.209. The predicted octanol–water partition coefficient (Wildman–Crippen LogP) is 2.72. The predicted molar refractivity (Wildman–Crippen MR) is 97.4 cm³/mol. The lowest BCUT2D eigenvalue weighted by Crippen LogP contribution is -2.39. The van der Waals surface area contributed by atoms with Gasteiger partial charge in [0.2, 0.25) is 11.8 Å². The zero-order valence-electron chi connectivity index (χ0n) is 15.9. The lowest BCUT2D eigenvalue weighted by Gasteiger charge is -2.32. The minimum absolute atomic E-state index is 0.184. The Morgan fingerprint density at radius 3 is 3.07 bits per heavy atom. The van der Waals surface area contributed by atoms with Crippen LogP contribution >= 0.6 is 0 Å². The molecule has 148 valence electrons. The molecule has 0 aliphatic carbocycles. The highest BCUT2D eigenvalue weighted by Crippen LogP contribution is 2.31. The molecule has 8 nitrogen and oxygen atoms in total. The molecule has 0 spiro atoms. The van der Waals surface area contributed by atoms with Gasteiger partial charge >= 0.3 is 0 Å². The molecule has 0 bridgehead atoms. The van der Waals surface area contributed by atoms with Crippen LogP contribution in [0, 0.1) is 12.9 Å². The molecule has 1 fully saturated rings. The van der Waals surface area contributed by atoms with E-state index in [-0.39, 0.29) is 11.7 Å². The number of hydrogen-bond donors (Lipinski definition) is 0. The molecule has 1 aliphatic rings. The molecule has 0 N–H and O–H groups in total. The molecule has 1 amide bonds. The van der Waals surface area contributed by atoms with Crippen molar-refractivity contribution in [2.75, 3.05) is 20.3 Å². The van der Waals surface area contributed by atoms with Crippen molar-refractivity contribution in [2.24, 2.45) is 0 Å². The number of piperidine rings is 1. The number of nitrogens with zero attached hydrogens (tertiary/aromatic N) is 5. The van der Waals surface area contributed by atoms with E-state index < -0.39 is 11.9 Å². The van der Waals surface area contributed by atoms with Gasteiger partial charge in [-0.3, -0.25) is 9.20 Å². The van der Waals surface area contributed by atoms with E-state index in [0.29, 0.717) is 43.4 Å². The molecule has 0 saturated carbocycles. The summed E-state index contributed by atoms with van der Waals surface area (Å²) in [6.07, 6.45) is 4.56. The van der Waals surface area contributed by atoms with E-state index >= 15 is 0 Å². The zero-order valence-corrected chi connectivity index (χ0v) is 15.9. The molecule has 1 saturated heterocycles. The van der Waals surface area contributed by atoms with Crippen molar-refractivity contribution < 1.29 is 18.4 Å². The fraction of sp³-hybridized carbons (Fsp3) is 0.474. The van der Waals surface area contributed by atoms with Crippen molar-refractivity contribution in [1.82, 2.24) is 24.4 Å². The summed E-state index contributed by atoms with van der Waals surface area (Å²) in [7, 11) is 1.60. The fourth-order valence-corrected chi connectivity index (χ4v) is 3.52. The maximum Gasteiger partial charge on any atom is 0.277 e. The van der Waals surface area contributed by atoms with Crippen LogP contribution in [0.3, 0.4) is 0 Å². The Morgan fingerprint density at radius 1 is 1.39 bits per heavy atom. The first-order valence-corrected chi connectivity index (χ1v) is 9.35. The molecule has 4 heterocycles. The van der Waals surface area contributed by atoms with Crippen LogP contribution in [0.2, 0.25) is 0 Å². The molecule has 0 unspecified atom stereocenters. The number of pyridine rings is 1. The Hall–Kier alpha value is -2.81. The standard InChI is InChI=1S/C19H22FN5O3/c1-12-6-9-25-15(11-12)22-16(17(25)20)19(26)24-8-4-3-5-13(24)18-21-14(23-28-18)7-10-27-2/h6,9,11,13H,3-5,7-8,10H2,1-2H3/t13-/m0/s1. The number of likely N-dealkylation sites (tertiary alicyclic amines) is 1. The monoisotopic (exact) mass is 387 g/mol. The third-order valence-electron chi connectivity index (χ3n) is 4.99. The summed E-state index contributed by atoms with van der Waals surface area (Å²) < 4.78 is 26.5. The van der Waals surface area contributed by atoms with E-state index in [9.17, 15) is 9.18 Å². The summed E-state index contributed by atoms with van der Waals surface area (Å²) in [6, 6.07) is 3.14. The molecule has 1 atom stereocenters. The number of methoxy groups -OCH3 is 1. The van der Waals surface area contributed by atoms with E-state index in [0.717, 1.165) is 18.4 Å². The lowest BCUT2D eigenvalue weighted by molar-refractivity contribution is 0.0550. The van der Waals surface area contributed by atoms with Gasteiger partial charge < -0.3 is 14.2 Å². The summed E-state index contributed by atoms with van der Waals surface area (Å²) in [6.45, 7) is 2.87. The van der Waals surface area contributed by atoms with E-state index in [4.69, 9.17) is 9.26 Å². The highest BCUT2D eigenvalue weighted by Gasteiger charge is 2.35. The molecule has 4 rings (SSSR count). The Morgan fingerprint density at radius 2 is 2.25 bits per heavy atom. The molecule has 28 heavy (non-hydrogen) atoms. The number of aryl methyl sites for hydroxylation is 1. The number of hydrogen-bond acceptors (Lipinski definition) is 6. The van der Waals surface area contributed by atoms with Gasteiger partial charge in [0, 0.05) is 26.3 Å². The third kappa shape index (κ3) is 3.37. The number of fused-ring (bicyclic) bond motifs is 1. The second-order valence-electron chi connectivity index (χ2n) is 6.99. The van der Waals surface area contributed by atoms with Gasteiger partial charge in [-0.05, 0) is 43.9 Å². The largest absolute Gasteiger partial charge is 0.384 e. The van der Waals surface area contributed by atoms with Crippen LogP contribution < -0.4 is 0 Å². The average molecular weight is 387 g/mol. The van der Waals surface area contributed by atoms with Gasteiger partial charge in [-0.2, -0.15) is 9.37 Å². The highest BCUT2D eigenvalue weighted by atomic mass is 19.1. The molecule has 3 aromatic heterocycles. The van der Waals surface area contributed by atoms with Gasteiger partial charge in [-0.1, -0.05) is 5.16 Å². The Kier molecular flexibility index (Phi) is 5.08. The van der Waals surface area contributed by atoms with Crippen molar-refractivity contribution in [3.05, 3.63) is 47.2 Å². The van der Waals surface area contributed by atoms with E-state index in [1.807, 2.05) is 6.92 Å². The van der Waals surface area contributed by atoms with E-state index in [1.54, 1.807) is 30.3 Å². The molecular weight excluding hydrogens is 365 g/mol. The summed E-state index contributed by atoms with van der Waals surface area (Å²) >= 11 is 0. The van der Waals surface area contributed by atoms with E-state index in [1.165, 1.54) is 4.40 Å². The second kappa shape index (κ2) is 7.67. The van der Waals surface area contributed by atoms with Crippen LogP contribution in [0.1, 0.15) is 53.1 Å². The van der Waals surface area contributed by atoms with Crippen molar-refractivity contribution >= 4 is 11.6 Å². The van der Waals surface area contributed by atoms with Gasteiger partial charge in [0.25, 0.3) is 5.91 Å². The molecule has 0 radical (unpaired) electrons. The topological polar surface area (TPSA) is 85.8 Å². The molecule has 3 aromatic rings. The maximum absolute atomic E-state index is 14.8. The molecule has 1 aliphatic heterocycles. The average Bonchev–Trinajstić information content (AvgIpc) is 3.30. The number of ether oxygens (including phenoxy) is 1. The van der Waals surface area contributed by atoms with Crippen LogP contribution in [0.25, 0.3) is 5.65 Å². The number of imidazole rings is 1. The fourth-order valence-electron chi connectivity index (χ4n) is 3.52. The summed E-state index contributed by atoms with van der Waals surface area (Å²) in [4.78, 5) is 23.4. The Bertz CT molecular complexity index is 999. The first-order valence-electron chi connectivity index (χ1n) is 9.35. The highest BCUT2D eigenvalue weighted by molar-refractivity contribution is 5.93. The minimum Gasteiger partial charge on any atom is -0.384 e. The molecule has 0 aromatic carbocycles. The van der Waals surface area contributed by atoms with Crippen LogP contribution in [-0.2, 0) is 11.2 Å². The van der Waals surface area contributed by atoms with Crippen molar-refractivity contribution in [1.29, 1.82) is 0 Å². The first-order chi connectivity index (χ1) is 13.6. The van der Waals surface area contributed by atoms with Crippen LogP contribution in [0.5, 0.6) is 0 Å². The maximum atomic E-state index is 14.8. The van der Waals surface area contributed by atoms with Crippen LogP contribution in [0.15, 0.2) is 22.9 Å². The van der Waals surface area contributed by atoms with Gasteiger partial charge in [0.05, 0.1) is 6.61 Å². The third-order valence-corrected chi connectivity index (χ3v) is 4.99. The number of aromatic nitrogens is 4. The van der Waals surface area contributed by atoms with Gasteiger partial charge in [-0.15, -0.1) is 0 Å². The first kappa shape index (κ1) is 18.5. The quantitative estimate of drug-likeness (QED) is 0.669. The van der Waals surface area contributed by atoms with Gasteiger partial charge in [-0.25, -0.2) is 4.98 Å². The SMILES string of the molecule is COCCc1noc([C@@H]2CCCCN2C(=O)c2nc3cc(C)ccn3c2F)n1. The molecular formula is C19H22FN5O3. The number of halogens is 1. The number of carbonyl (C=O) groups is 1. The summed E-state index contributed by atoms with van der Waals surface area (Å²) in [5, 5.41) is 3.96. The second-order valence-corrected chi connectivity index (χ2v) is 6.99. The summed E-state index contributed by atoms with van der Waals surface area (Å²) in [5.41, 5.74) is 1.17. The van der Waals surface area contributed by atoms with Crippen LogP contribution in [0.4, 0.5) is 4.39 Å². The minimum atomic E-state index is -0.657. The van der Waals surface area contributed by atoms with Crippen LogP contribution in [-0.4, -0.2) is 50.6 Å². The molecule has 9 heteroatoms. The zero-order chi connectivity index (χ0) is 19.7. The normalized spacial score (nSPS) is 17.4. The van der Waals surface area contributed by atoms with Crippen molar-refractivity contribution in [3.8, 4) is 0 Å². The van der Waals surface area contributed by atoms with Gasteiger partial charge in [0.15, 0.2) is 11.5 Å². The number of amides is 1. The lowest BCUT2D eigenvalue weighted by atomic mass is 10.0. The smallest absolute Gasteiger partial charge is 0.277 e.